The van der Waals surface area contributed by atoms with Crippen molar-refractivity contribution in [3.8, 4) is 0 Å². The molecule has 0 aliphatic heterocycles. The zero-order valence-electron chi connectivity index (χ0n) is 12.3. The van der Waals surface area contributed by atoms with Crippen LogP contribution in [0.1, 0.15) is 0 Å². The minimum absolute atomic E-state index is 0.188. The molecule has 0 amide bonds. The molecule has 0 heterocycles. The molecule has 0 aromatic heterocycles. The highest BCUT2D eigenvalue weighted by molar-refractivity contribution is 6.87. The van der Waals surface area contributed by atoms with E-state index in [9.17, 15) is 65.9 Å². The van der Waals surface area contributed by atoms with E-state index in [0.29, 0.717) is 0 Å². The summed E-state index contributed by atoms with van der Waals surface area (Å²) in [6.45, 7) is 0. The Hall–Kier alpha value is -0.873. The normalized spacial score (nSPS) is 16.4. The monoisotopic (exact) mass is 443 g/mol. The Balaban J connectivity index is 7.47. The van der Waals surface area contributed by atoms with Gasteiger partial charge in [0.25, 0.3) is 0 Å². The van der Waals surface area contributed by atoms with Crippen LogP contribution in [0.4, 0.5) is 65.9 Å². The van der Waals surface area contributed by atoms with E-state index in [1.165, 1.54) is 0 Å². The summed E-state index contributed by atoms with van der Waals surface area (Å²) in [5, 5.41) is 0. The Bertz CT molecular complexity index is 434. The van der Waals surface area contributed by atoms with E-state index >= 15 is 0 Å². The second kappa shape index (κ2) is 6.34. The molecule has 26 heavy (non-hydrogen) atoms. The van der Waals surface area contributed by atoms with E-state index in [1.54, 1.807) is 0 Å². The van der Waals surface area contributed by atoms with Gasteiger partial charge >= 0.3 is 43.2 Å². The lowest BCUT2D eigenvalue weighted by Gasteiger charge is -2.48. The van der Waals surface area contributed by atoms with Crippen LogP contribution in [-0.4, -0.2) is 68.4 Å². The fourth-order valence-electron chi connectivity index (χ4n) is 2.09. The quantitative estimate of drug-likeness (QED) is 0.438. The number of alkyl halides is 15. The topological polar surface area (TPSA) is 3.24 Å². The van der Waals surface area contributed by atoms with Crippen LogP contribution in [0.15, 0.2) is 0 Å². The molecule has 0 aliphatic carbocycles. The Morgan fingerprint density at radius 3 is 0.808 bits per heavy atom. The Labute approximate surface area is 135 Å². The summed E-state index contributed by atoms with van der Waals surface area (Å²) in [4.78, 5) is -0.439. The van der Waals surface area contributed by atoms with Crippen LogP contribution in [0.2, 0.25) is 0 Å². The van der Waals surface area contributed by atoms with Crippen molar-refractivity contribution in [1.82, 2.24) is 4.90 Å². The van der Waals surface area contributed by atoms with Crippen LogP contribution >= 0.6 is 0 Å². The average Bonchev–Trinajstić information content (AvgIpc) is 2.30. The van der Waals surface area contributed by atoms with E-state index in [0.717, 1.165) is 0 Å². The van der Waals surface area contributed by atoms with Crippen LogP contribution in [0.25, 0.3) is 0 Å². The van der Waals surface area contributed by atoms with Gasteiger partial charge in [-0.2, -0.15) is 39.5 Å². The van der Waals surface area contributed by atoms with E-state index < -0.39 is 54.3 Å². The van der Waals surface area contributed by atoms with Crippen LogP contribution in [0, 0.1) is 0 Å². The van der Waals surface area contributed by atoms with Gasteiger partial charge in [0.15, 0.2) is 0 Å². The molecule has 1 nitrogen and oxygen atoms in total. The number of hydrogen-bond donors (Lipinski definition) is 0. The Morgan fingerprint density at radius 2 is 0.692 bits per heavy atom. The molecule has 0 fully saturated rings. The van der Waals surface area contributed by atoms with Crippen LogP contribution in [0.5, 0.6) is 0 Å². The molecule has 0 bridgehead atoms. The van der Waals surface area contributed by atoms with Crippen molar-refractivity contribution in [2.75, 3.05) is 20.3 Å². The first-order valence-electron chi connectivity index (χ1n) is 5.90. The van der Waals surface area contributed by atoms with E-state index in [4.69, 9.17) is 0 Å². The molecule has 0 unspecified atom stereocenters. The first-order chi connectivity index (χ1) is 10.9. The second-order valence-electron chi connectivity index (χ2n) is 5.36. The van der Waals surface area contributed by atoms with E-state index in [-0.39, 0.29) is 14.1 Å². The van der Waals surface area contributed by atoms with Gasteiger partial charge in [0, 0.05) is 6.17 Å². The van der Waals surface area contributed by atoms with Gasteiger partial charge in [-0.25, -0.2) is 26.3 Å². The molecule has 0 aromatic carbocycles. The third kappa shape index (κ3) is 3.35. The summed E-state index contributed by atoms with van der Waals surface area (Å²) < 4.78 is 194. The molecule has 0 rings (SSSR count). The zero-order chi connectivity index (χ0) is 21.8. The second-order valence-corrected chi connectivity index (χ2v) is 9.37. The molecule has 0 aliphatic rings. The minimum Gasteiger partial charge on any atom is -0.311 e. The molecular formula is C9H8F15NSi. The molecule has 158 valence electrons. The van der Waals surface area contributed by atoms with Gasteiger partial charge in [0.1, 0.15) is 0 Å². The van der Waals surface area contributed by atoms with Gasteiger partial charge < -0.3 is 4.90 Å². The lowest BCUT2D eigenvalue weighted by atomic mass is 10.6. The summed E-state index contributed by atoms with van der Waals surface area (Å²) in [7, 11) is -9.02. The highest BCUT2D eigenvalue weighted by atomic mass is 28.3. The number of hydrogen-bond acceptors (Lipinski definition) is 1. The standard InChI is InChI=1S/C9H8F15NSi/c1-25(2)3-26(7(19,20)4(10,11)12,8(21,22)5(13,14)15)9(23,24)6(16,17)18/h3H2,1-2H3. The van der Waals surface area contributed by atoms with Gasteiger partial charge in [-0.15, -0.1) is 0 Å². The van der Waals surface area contributed by atoms with Crippen molar-refractivity contribution in [2.24, 2.45) is 0 Å². The third-order valence-corrected chi connectivity index (χ3v) is 8.40. The maximum Gasteiger partial charge on any atom is 0.449 e. The average molecular weight is 443 g/mol. The molecule has 0 saturated heterocycles. The van der Waals surface area contributed by atoms with Crippen molar-refractivity contribution in [1.29, 1.82) is 0 Å². The number of nitrogens with zero attached hydrogens (tertiary/aromatic N) is 1. The van der Waals surface area contributed by atoms with Gasteiger partial charge in [0.2, 0.25) is 0 Å². The van der Waals surface area contributed by atoms with Crippen LogP contribution in [-0.2, 0) is 0 Å². The minimum atomic E-state index is -9.40. The smallest absolute Gasteiger partial charge is 0.311 e. The maximum absolute atomic E-state index is 13.6. The molecular weight excluding hydrogens is 435 g/mol. The van der Waals surface area contributed by atoms with Crippen molar-refractivity contribution in [3.63, 3.8) is 0 Å². The molecule has 0 spiro atoms. The SMILES string of the molecule is CN(C)C[Si](C(F)(F)C(F)(F)F)(C(F)(F)C(F)(F)F)C(F)(F)C(F)(F)F. The van der Waals surface area contributed by atoms with E-state index in [1.807, 2.05) is 0 Å². The first-order valence-corrected chi connectivity index (χ1v) is 8.11. The van der Waals surface area contributed by atoms with Crippen LogP contribution in [0.3, 0.4) is 0 Å². The summed E-state index contributed by atoms with van der Waals surface area (Å²) >= 11 is 0. The van der Waals surface area contributed by atoms with Crippen LogP contribution < -0.4 is 0 Å². The first kappa shape index (κ1) is 25.1. The fourth-order valence-corrected chi connectivity index (χ4v) is 6.27. The Kier molecular flexibility index (Phi) is 6.12. The summed E-state index contributed by atoms with van der Waals surface area (Å²) in [6, 6.07) is 0. The lowest BCUT2D eigenvalue weighted by molar-refractivity contribution is -0.305. The Morgan fingerprint density at radius 1 is 0.500 bits per heavy atom. The van der Waals surface area contributed by atoms with Crippen molar-refractivity contribution < 1.29 is 65.9 Å². The molecule has 0 atom stereocenters. The highest BCUT2D eigenvalue weighted by Crippen LogP contribution is 2.61. The van der Waals surface area contributed by atoms with Crippen molar-refractivity contribution in [2.45, 2.75) is 35.2 Å². The fraction of sp³-hybridized carbons (Fsp3) is 1.00. The van der Waals surface area contributed by atoms with Gasteiger partial charge in [0.05, 0.1) is 0 Å². The summed E-state index contributed by atoms with van der Waals surface area (Å²) in [5.74, 6) is 0. The lowest BCUT2D eigenvalue weighted by Crippen LogP contribution is -2.87. The largest absolute Gasteiger partial charge is 0.449 e. The maximum atomic E-state index is 13.6. The van der Waals surface area contributed by atoms with Gasteiger partial charge in [-0.3, -0.25) is 0 Å². The molecule has 0 saturated carbocycles. The van der Waals surface area contributed by atoms with Crippen molar-refractivity contribution in [3.05, 3.63) is 0 Å². The third-order valence-electron chi connectivity index (χ3n) is 3.23. The predicted octanol–water partition coefficient (Wildman–Crippen LogP) is 4.75. The molecule has 0 aromatic rings. The van der Waals surface area contributed by atoms with Gasteiger partial charge in [-0.1, -0.05) is 0 Å². The number of rotatable bonds is 5. The summed E-state index contributed by atoms with van der Waals surface area (Å²) in [5.41, 5.74) is -23.0. The summed E-state index contributed by atoms with van der Waals surface area (Å²) in [6.07, 6.45) is -25.8. The highest BCUT2D eigenvalue weighted by Gasteiger charge is 2.97. The zero-order valence-corrected chi connectivity index (χ0v) is 13.3. The predicted molar refractivity (Wildman–Crippen MR) is 57.3 cm³/mol. The van der Waals surface area contributed by atoms with Crippen molar-refractivity contribution >= 4 is 8.07 Å². The number of halogens is 15. The molecule has 17 heteroatoms. The molecule has 0 N–H and O–H groups in total. The van der Waals surface area contributed by atoms with E-state index in [2.05, 4.69) is 0 Å². The molecule has 0 radical (unpaired) electrons. The van der Waals surface area contributed by atoms with Gasteiger partial charge in [-0.05, 0) is 14.1 Å².